The van der Waals surface area contributed by atoms with Gasteiger partial charge in [-0.3, -0.25) is 14.5 Å². The van der Waals surface area contributed by atoms with Gasteiger partial charge < -0.3 is 15.7 Å². The first-order valence-electron chi connectivity index (χ1n) is 10.1. The second-order valence-electron chi connectivity index (χ2n) is 7.86. The highest BCUT2D eigenvalue weighted by Crippen LogP contribution is 2.28. The average molecular weight is 373 g/mol. The van der Waals surface area contributed by atoms with E-state index in [0.717, 1.165) is 18.4 Å². The van der Waals surface area contributed by atoms with Crippen LogP contribution in [0.5, 0.6) is 5.75 Å². The fourth-order valence-electron chi connectivity index (χ4n) is 4.40. The first-order valence-corrected chi connectivity index (χ1v) is 10.1. The molecule has 0 radical (unpaired) electrons. The molecular weight excluding hydrogens is 342 g/mol. The molecule has 1 aliphatic heterocycles. The van der Waals surface area contributed by atoms with Gasteiger partial charge in [-0.25, -0.2) is 0 Å². The molecule has 6 heteroatoms. The van der Waals surface area contributed by atoms with Crippen molar-refractivity contribution in [3.8, 4) is 5.75 Å². The van der Waals surface area contributed by atoms with Crippen LogP contribution >= 0.6 is 0 Å². The number of benzene rings is 1. The summed E-state index contributed by atoms with van der Waals surface area (Å²) in [6, 6.07) is 6.85. The Morgan fingerprint density at radius 1 is 1.26 bits per heavy atom. The van der Waals surface area contributed by atoms with E-state index in [0.29, 0.717) is 38.4 Å². The molecule has 2 aliphatic rings. The molecule has 0 bridgehead atoms. The van der Waals surface area contributed by atoms with E-state index in [1.54, 1.807) is 12.1 Å². The number of nitrogens with zero attached hydrogens (tertiary/aromatic N) is 1. The quantitative estimate of drug-likeness (QED) is 0.684. The van der Waals surface area contributed by atoms with Crippen molar-refractivity contribution in [1.82, 2.24) is 15.5 Å². The molecule has 6 nitrogen and oxygen atoms in total. The molecule has 2 amide bonds. The lowest BCUT2D eigenvalue weighted by atomic mass is 10.0. The molecule has 1 aromatic rings. The van der Waals surface area contributed by atoms with E-state index in [2.05, 4.69) is 15.5 Å². The molecule has 2 fully saturated rings. The molecule has 2 atom stereocenters. The van der Waals surface area contributed by atoms with Gasteiger partial charge >= 0.3 is 0 Å². The van der Waals surface area contributed by atoms with Crippen molar-refractivity contribution in [3.05, 3.63) is 29.8 Å². The highest BCUT2D eigenvalue weighted by atomic mass is 16.3. The maximum absolute atomic E-state index is 12.5. The molecule has 2 unspecified atom stereocenters. The number of aromatic hydroxyl groups is 1. The van der Waals surface area contributed by atoms with Crippen LogP contribution < -0.4 is 10.6 Å². The molecule has 27 heavy (non-hydrogen) atoms. The van der Waals surface area contributed by atoms with E-state index in [9.17, 15) is 14.7 Å². The molecule has 148 valence electrons. The predicted molar refractivity (Wildman–Crippen MR) is 104 cm³/mol. The Hall–Kier alpha value is -2.08. The standard InChI is InChI=1S/C21H31N3O3/c1-2-22-21(27)19-12-17(23-20(26)11-15-6-3-4-7-15)14-24(19)13-16-8-5-9-18(25)10-16/h5,8-10,15,17,19,25H,2-4,6-7,11-14H2,1H3,(H,22,27)(H,23,26). The first kappa shape index (κ1) is 19.7. The summed E-state index contributed by atoms with van der Waals surface area (Å²) >= 11 is 0. The summed E-state index contributed by atoms with van der Waals surface area (Å²) in [5, 5.41) is 15.8. The number of nitrogens with one attached hydrogen (secondary N) is 2. The van der Waals surface area contributed by atoms with Crippen molar-refractivity contribution < 1.29 is 14.7 Å². The number of carbonyl (C=O) groups excluding carboxylic acids is 2. The van der Waals surface area contributed by atoms with Gasteiger partial charge in [-0.05, 0) is 49.8 Å². The number of hydrogen-bond acceptors (Lipinski definition) is 4. The second kappa shape index (κ2) is 9.22. The van der Waals surface area contributed by atoms with Gasteiger partial charge in [-0.1, -0.05) is 25.0 Å². The Labute approximate surface area is 161 Å². The van der Waals surface area contributed by atoms with Crippen LogP contribution in [-0.4, -0.2) is 47.0 Å². The molecule has 1 aliphatic carbocycles. The van der Waals surface area contributed by atoms with Crippen molar-refractivity contribution in [3.63, 3.8) is 0 Å². The van der Waals surface area contributed by atoms with Crippen LogP contribution in [0.2, 0.25) is 0 Å². The molecule has 3 N–H and O–H groups in total. The van der Waals surface area contributed by atoms with Crippen molar-refractivity contribution in [2.75, 3.05) is 13.1 Å². The number of phenolic OH excluding ortho intramolecular Hbond substituents is 1. The zero-order valence-electron chi connectivity index (χ0n) is 16.1. The number of likely N-dealkylation sites (tertiary alicyclic amines) is 1. The van der Waals surface area contributed by atoms with Gasteiger partial charge in [0.2, 0.25) is 11.8 Å². The van der Waals surface area contributed by atoms with E-state index in [1.807, 2.05) is 19.1 Å². The summed E-state index contributed by atoms with van der Waals surface area (Å²) in [6.45, 7) is 3.72. The number of likely N-dealkylation sites (N-methyl/N-ethyl adjacent to an activating group) is 1. The van der Waals surface area contributed by atoms with Crippen LogP contribution in [0.25, 0.3) is 0 Å². The third kappa shape index (κ3) is 5.45. The third-order valence-corrected chi connectivity index (χ3v) is 5.67. The van der Waals surface area contributed by atoms with E-state index in [1.165, 1.54) is 12.8 Å². The van der Waals surface area contributed by atoms with E-state index < -0.39 is 0 Å². The molecule has 1 saturated carbocycles. The van der Waals surface area contributed by atoms with Gasteiger partial charge in [0.25, 0.3) is 0 Å². The van der Waals surface area contributed by atoms with Crippen molar-refractivity contribution in [2.45, 2.75) is 64.1 Å². The Bertz CT molecular complexity index is 658. The van der Waals surface area contributed by atoms with Crippen molar-refractivity contribution in [2.24, 2.45) is 5.92 Å². The number of hydrogen-bond donors (Lipinski definition) is 3. The number of carbonyl (C=O) groups is 2. The molecule has 1 heterocycles. The highest BCUT2D eigenvalue weighted by Gasteiger charge is 2.37. The minimum Gasteiger partial charge on any atom is -0.508 e. The first-order chi connectivity index (χ1) is 13.0. The van der Waals surface area contributed by atoms with Crippen LogP contribution in [-0.2, 0) is 16.1 Å². The molecule has 0 aromatic heterocycles. The van der Waals surface area contributed by atoms with Gasteiger partial charge in [-0.15, -0.1) is 0 Å². The number of amides is 2. The minimum atomic E-state index is -0.260. The topological polar surface area (TPSA) is 81.7 Å². The second-order valence-corrected chi connectivity index (χ2v) is 7.86. The minimum absolute atomic E-state index is 0.00481. The number of rotatable bonds is 7. The smallest absolute Gasteiger partial charge is 0.237 e. The van der Waals surface area contributed by atoms with Gasteiger partial charge in [0.1, 0.15) is 5.75 Å². The van der Waals surface area contributed by atoms with E-state index in [-0.39, 0.29) is 29.6 Å². The fraction of sp³-hybridized carbons (Fsp3) is 0.619. The summed E-state index contributed by atoms with van der Waals surface area (Å²) in [5.41, 5.74) is 0.960. The number of phenols is 1. The summed E-state index contributed by atoms with van der Waals surface area (Å²) in [5.74, 6) is 0.864. The molecule has 1 aromatic carbocycles. The SMILES string of the molecule is CCNC(=O)C1CC(NC(=O)CC2CCCC2)CN1Cc1cccc(O)c1. The van der Waals surface area contributed by atoms with Crippen molar-refractivity contribution in [1.29, 1.82) is 0 Å². The Morgan fingerprint density at radius 3 is 2.74 bits per heavy atom. The average Bonchev–Trinajstić information content (AvgIpc) is 3.25. The molecular formula is C21H31N3O3. The fourth-order valence-corrected chi connectivity index (χ4v) is 4.40. The van der Waals surface area contributed by atoms with Gasteiger partial charge in [0, 0.05) is 32.1 Å². The van der Waals surface area contributed by atoms with Gasteiger partial charge in [0.05, 0.1) is 6.04 Å². The van der Waals surface area contributed by atoms with Gasteiger partial charge in [0.15, 0.2) is 0 Å². The van der Waals surface area contributed by atoms with Crippen LogP contribution in [0.15, 0.2) is 24.3 Å². The molecule has 0 spiro atoms. The van der Waals surface area contributed by atoms with Crippen LogP contribution in [0, 0.1) is 5.92 Å². The van der Waals surface area contributed by atoms with Gasteiger partial charge in [-0.2, -0.15) is 0 Å². The lowest BCUT2D eigenvalue weighted by Crippen LogP contribution is -2.42. The van der Waals surface area contributed by atoms with Crippen LogP contribution in [0.4, 0.5) is 0 Å². The molecule has 1 saturated heterocycles. The van der Waals surface area contributed by atoms with Crippen LogP contribution in [0.1, 0.15) is 51.0 Å². The predicted octanol–water partition coefficient (Wildman–Crippen LogP) is 2.17. The largest absolute Gasteiger partial charge is 0.508 e. The summed E-state index contributed by atoms with van der Waals surface area (Å²) < 4.78 is 0. The maximum Gasteiger partial charge on any atom is 0.237 e. The van der Waals surface area contributed by atoms with Crippen molar-refractivity contribution >= 4 is 11.8 Å². The maximum atomic E-state index is 12.5. The Morgan fingerprint density at radius 2 is 2.04 bits per heavy atom. The summed E-state index contributed by atoms with van der Waals surface area (Å²) in [7, 11) is 0. The summed E-state index contributed by atoms with van der Waals surface area (Å²) in [6.07, 6.45) is 6.01. The zero-order chi connectivity index (χ0) is 19.2. The Balaban J connectivity index is 1.61. The monoisotopic (exact) mass is 373 g/mol. The van der Waals surface area contributed by atoms with E-state index >= 15 is 0 Å². The third-order valence-electron chi connectivity index (χ3n) is 5.67. The lowest BCUT2D eigenvalue weighted by molar-refractivity contribution is -0.126. The zero-order valence-corrected chi connectivity index (χ0v) is 16.1. The Kier molecular flexibility index (Phi) is 6.72. The molecule has 3 rings (SSSR count). The normalized spacial score (nSPS) is 23.4. The highest BCUT2D eigenvalue weighted by molar-refractivity contribution is 5.82. The lowest BCUT2D eigenvalue weighted by Gasteiger charge is -2.23. The summed E-state index contributed by atoms with van der Waals surface area (Å²) in [4.78, 5) is 27.0. The van der Waals surface area contributed by atoms with Crippen LogP contribution in [0.3, 0.4) is 0 Å². The van der Waals surface area contributed by atoms with E-state index in [4.69, 9.17) is 0 Å².